The highest BCUT2D eigenvalue weighted by molar-refractivity contribution is 7.98. The molecule has 6 heteroatoms. The minimum atomic E-state index is -0.209. The molecule has 0 saturated heterocycles. The Kier molecular flexibility index (Phi) is 4.71. The molecular formula is C17H19N3O2S. The predicted molar refractivity (Wildman–Crippen MR) is 92.7 cm³/mol. The SMILES string of the molecule is CSCC[C@@H](NC(=O)c1occc1C)c1nc2ccccc2[nH]1. The van der Waals surface area contributed by atoms with E-state index in [0.29, 0.717) is 5.76 Å². The topological polar surface area (TPSA) is 70.9 Å². The lowest BCUT2D eigenvalue weighted by molar-refractivity contribution is 0.0905. The van der Waals surface area contributed by atoms with Crippen LogP contribution < -0.4 is 5.32 Å². The van der Waals surface area contributed by atoms with Crippen LogP contribution in [-0.4, -0.2) is 27.9 Å². The number of benzene rings is 1. The molecule has 0 aliphatic rings. The third kappa shape index (κ3) is 3.42. The van der Waals surface area contributed by atoms with Crippen LogP contribution in [0.4, 0.5) is 0 Å². The van der Waals surface area contributed by atoms with E-state index in [-0.39, 0.29) is 11.9 Å². The third-order valence-corrected chi connectivity index (χ3v) is 4.37. The summed E-state index contributed by atoms with van der Waals surface area (Å²) < 4.78 is 5.28. The molecule has 23 heavy (non-hydrogen) atoms. The van der Waals surface area contributed by atoms with E-state index in [4.69, 9.17) is 4.42 Å². The van der Waals surface area contributed by atoms with Crippen molar-refractivity contribution >= 4 is 28.7 Å². The highest BCUT2D eigenvalue weighted by atomic mass is 32.2. The Balaban J connectivity index is 1.85. The second-order valence-electron chi connectivity index (χ2n) is 5.38. The van der Waals surface area contributed by atoms with E-state index in [0.717, 1.165) is 34.6 Å². The number of fused-ring (bicyclic) bond motifs is 1. The highest BCUT2D eigenvalue weighted by Gasteiger charge is 2.21. The van der Waals surface area contributed by atoms with Crippen LogP contribution in [0.5, 0.6) is 0 Å². The summed E-state index contributed by atoms with van der Waals surface area (Å²) in [7, 11) is 0. The van der Waals surface area contributed by atoms with E-state index >= 15 is 0 Å². The van der Waals surface area contributed by atoms with Gasteiger partial charge in [0.25, 0.3) is 5.91 Å². The zero-order valence-electron chi connectivity index (χ0n) is 13.1. The minimum Gasteiger partial charge on any atom is -0.459 e. The van der Waals surface area contributed by atoms with Crippen molar-refractivity contribution in [2.45, 2.75) is 19.4 Å². The van der Waals surface area contributed by atoms with Crippen molar-refractivity contribution in [3.8, 4) is 0 Å². The molecule has 2 heterocycles. The molecule has 2 N–H and O–H groups in total. The Bertz CT molecular complexity index is 776. The number of nitrogens with one attached hydrogen (secondary N) is 2. The molecule has 1 atom stereocenters. The van der Waals surface area contributed by atoms with Crippen LogP contribution in [0.3, 0.4) is 0 Å². The van der Waals surface area contributed by atoms with Crippen LogP contribution >= 0.6 is 11.8 Å². The van der Waals surface area contributed by atoms with E-state index in [9.17, 15) is 4.79 Å². The van der Waals surface area contributed by atoms with Gasteiger partial charge in [-0.3, -0.25) is 4.79 Å². The number of carbonyl (C=O) groups excluding carboxylic acids is 1. The number of thioether (sulfide) groups is 1. The van der Waals surface area contributed by atoms with Gasteiger partial charge in [0.1, 0.15) is 5.82 Å². The Morgan fingerprint density at radius 3 is 2.91 bits per heavy atom. The average molecular weight is 329 g/mol. The number of H-pyrrole nitrogens is 1. The molecule has 0 bridgehead atoms. The van der Waals surface area contributed by atoms with Gasteiger partial charge in [0.05, 0.1) is 23.3 Å². The summed E-state index contributed by atoms with van der Waals surface area (Å²) in [5.41, 5.74) is 2.70. The monoisotopic (exact) mass is 329 g/mol. The van der Waals surface area contributed by atoms with Crippen LogP contribution in [0.2, 0.25) is 0 Å². The number of para-hydroxylation sites is 2. The second-order valence-corrected chi connectivity index (χ2v) is 6.37. The summed E-state index contributed by atoms with van der Waals surface area (Å²) in [6.45, 7) is 1.86. The van der Waals surface area contributed by atoms with Gasteiger partial charge in [-0.1, -0.05) is 12.1 Å². The van der Waals surface area contributed by atoms with Crippen molar-refractivity contribution in [3.05, 3.63) is 53.7 Å². The lowest BCUT2D eigenvalue weighted by Gasteiger charge is -2.15. The van der Waals surface area contributed by atoms with E-state index < -0.39 is 0 Å². The van der Waals surface area contributed by atoms with Crippen molar-refractivity contribution < 1.29 is 9.21 Å². The molecule has 0 aliphatic heterocycles. The van der Waals surface area contributed by atoms with Gasteiger partial charge in [0, 0.05) is 5.56 Å². The lowest BCUT2D eigenvalue weighted by Crippen LogP contribution is -2.30. The van der Waals surface area contributed by atoms with E-state index in [1.54, 1.807) is 17.8 Å². The van der Waals surface area contributed by atoms with Gasteiger partial charge in [-0.15, -0.1) is 0 Å². The zero-order chi connectivity index (χ0) is 16.2. The van der Waals surface area contributed by atoms with Crippen LogP contribution in [0.15, 0.2) is 41.0 Å². The lowest BCUT2D eigenvalue weighted by atomic mass is 10.2. The summed E-state index contributed by atoms with van der Waals surface area (Å²) in [6.07, 6.45) is 4.38. The van der Waals surface area contributed by atoms with Crippen LogP contribution in [0.25, 0.3) is 11.0 Å². The fourth-order valence-electron chi connectivity index (χ4n) is 2.48. The van der Waals surface area contributed by atoms with Gasteiger partial charge >= 0.3 is 0 Å². The van der Waals surface area contributed by atoms with Crippen LogP contribution in [0.1, 0.15) is 34.4 Å². The average Bonchev–Trinajstić information content (AvgIpc) is 3.16. The first-order valence-corrected chi connectivity index (χ1v) is 8.87. The molecule has 0 spiro atoms. The van der Waals surface area contributed by atoms with Crippen molar-refractivity contribution in [1.29, 1.82) is 0 Å². The number of aryl methyl sites for hydroxylation is 1. The summed E-state index contributed by atoms with van der Waals surface area (Å²) in [6, 6.07) is 9.47. The predicted octanol–water partition coefficient (Wildman–Crippen LogP) is 3.69. The van der Waals surface area contributed by atoms with Crippen LogP contribution in [0, 0.1) is 6.92 Å². The van der Waals surface area contributed by atoms with Crippen LogP contribution in [-0.2, 0) is 0 Å². The second kappa shape index (κ2) is 6.91. The number of amides is 1. The Morgan fingerprint density at radius 1 is 1.39 bits per heavy atom. The maximum absolute atomic E-state index is 12.4. The van der Waals surface area contributed by atoms with Gasteiger partial charge in [-0.2, -0.15) is 11.8 Å². The summed E-state index contributed by atoms with van der Waals surface area (Å²) >= 11 is 1.74. The maximum atomic E-state index is 12.4. The number of hydrogen-bond acceptors (Lipinski definition) is 4. The molecule has 3 aromatic rings. The number of imidazole rings is 1. The number of carbonyl (C=O) groups is 1. The molecule has 0 radical (unpaired) electrons. The number of aromatic nitrogens is 2. The molecule has 0 saturated carbocycles. The molecule has 2 aromatic heterocycles. The molecule has 3 rings (SSSR count). The molecule has 0 unspecified atom stereocenters. The zero-order valence-corrected chi connectivity index (χ0v) is 13.9. The first-order valence-electron chi connectivity index (χ1n) is 7.47. The number of aromatic amines is 1. The third-order valence-electron chi connectivity index (χ3n) is 3.72. The van der Waals surface area contributed by atoms with E-state index in [1.165, 1.54) is 6.26 Å². The van der Waals surface area contributed by atoms with Gasteiger partial charge in [-0.25, -0.2) is 4.98 Å². The van der Waals surface area contributed by atoms with Gasteiger partial charge in [0.15, 0.2) is 5.76 Å². The molecule has 120 valence electrons. The highest BCUT2D eigenvalue weighted by Crippen LogP contribution is 2.21. The van der Waals surface area contributed by atoms with Crippen molar-refractivity contribution in [1.82, 2.24) is 15.3 Å². The fraction of sp³-hybridized carbons (Fsp3) is 0.294. The summed E-state index contributed by atoms with van der Waals surface area (Å²) in [4.78, 5) is 20.4. The Hall–Kier alpha value is -2.21. The first-order chi connectivity index (χ1) is 11.2. The smallest absolute Gasteiger partial charge is 0.287 e. The van der Waals surface area contributed by atoms with Crippen molar-refractivity contribution in [2.75, 3.05) is 12.0 Å². The molecule has 0 aliphatic carbocycles. The first kappa shape index (κ1) is 15.7. The van der Waals surface area contributed by atoms with Crippen molar-refractivity contribution in [3.63, 3.8) is 0 Å². The largest absolute Gasteiger partial charge is 0.459 e. The molecule has 1 aromatic carbocycles. The molecular weight excluding hydrogens is 310 g/mol. The van der Waals surface area contributed by atoms with E-state index in [2.05, 4.69) is 15.3 Å². The molecule has 0 fully saturated rings. The number of nitrogens with zero attached hydrogens (tertiary/aromatic N) is 1. The summed E-state index contributed by atoms with van der Waals surface area (Å²) in [5, 5.41) is 3.03. The molecule has 5 nitrogen and oxygen atoms in total. The number of hydrogen-bond donors (Lipinski definition) is 2. The standard InChI is InChI=1S/C17H19N3O2S/c1-11-7-9-22-15(11)17(21)20-14(8-10-23-2)16-18-12-5-3-4-6-13(12)19-16/h3-7,9,14H,8,10H2,1-2H3,(H,18,19)(H,20,21)/t14-/m1/s1. The van der Waals surface area contributed by atoms with Crippen molar-refractivity contribution in [2.24, 2.45) is 0 Å². The van der Waals surface area contributed by atoms with E-state index in [1.807, 2.05) is 37.4 Å². The quantitative estimate of drug-likeness (QED) is 0.723. The van der Waals surface area contributed by atoms with Gasteiger partial charge < -0.3 is 14.7 Å². The summed E-state index contributed by atoms with van der Waals surface area (Å²) in [5.74, 6) is 1.85. The van der Waals surface area contributed by atoms with Gasteiger partial charge in [-0.05, 0) is 43.6 Å². The van der Waals surface area contributed by atoms with Gasteiger partial charge in [0.2, 0.25) is 0 Å². The Labute approximate surface area is 138 Å². The fourth-order valence-corrected chi connectivity index (χ4v) is 2.95. The normalized spacial score (nSPS) is 12.4. The Morgan fingerprint density at radius 2 is 2.22 bits per heavy atom. The minimum absolute atomic E-state index is 0.174. The molecule has 1 amide bonds. The maximum Gasteiger partial charge on any atom is 0.287 e. The number of furan rings is 1. The number of rotatable bonds is 6.